The molecule has 0 aromatic heterocycles. The maximum atomic E-state index is 6.53. The van der Waals surface area contributed by atoms with Crippen LogP contribution in [0.25, 0.3) is 0 Å². The van der Waals surface area contributed by atoms with Crippen molar-refractivity contribution >= 4 is 8.32 Å². The first-order chi connectivity index (χ1) is 20.5. The lowest BCUT2D eigenvalue weighted by Gasteiger charge is -2.39. The maximum Gasteiger partial charge on any atom is 0.192 e. The van der Waals surface area contributed by atoms with Crippen LogP contribution in [0.2, 0.25) is 18.1 Å². The molecule has 262 valence electrons. The molecule has 0 bridgehead atoms. The van der Waals surface area contributed by atoms with E-state index in [-0.39, 0.29) is 41.5 Å². The van der Waals surface area contributed by atoms with Crippen molar-refractivity contribution in [3.8, 4) is 0 Å². The molecular formula is C39H72O5Si. The Bertz CT molecular complexity index is 959. The molecule has 45 heavy (non-hydrogen) atoms. The van der Waals surface area contributed by atoms with Crippen molar-refractivity contribution in [2.24, 2.45) is 29.6 Å². The maximum absolute atomic E-state index is 6.53. The van der Waals surface area contributed by atoms with Gasteiger partial charge in [-0.1, -0.05) is 98.8 Å². The normalized spacial score (nSPS) is 28.5. The molecule has 5 nitrogen and oxygen atoms in total. The van der Waals surface area contributed by atoms with E-state index in [9.17, 15) is 0 Å². The minimum atomic E-state index is -1.74. The number of hydrogen-bond acceptors (Lipinski definition) is 5. The zero-order valence-electron chi connectivity index (χ0n) is 32.1. The topological polar surface area (TPSA) is 46.2 Å². The van der Waals surface area contributed by atoms with Gasteiger partial charge in [-0.25, -0.2) is 0 Å². The zero-order valence-corrected chi connectivity index (χ0v) is 33.1. The van der Waals surface area contributed by atoms with Crippen molar-refractivity contribution < 1.29 is 23.4 Å². The molecule has 0 saturated carbocycles. The van der Waals surface area contributed by atoms with E-state index in [1.807, 2.05) is 39.8 Å². The van der Waals surface area contributed by atoms with Gasteiger partial charge in [-0.2, -0.15) is 0 Å². The SMILES string of the molecule is C=CC[C@@H]1OC(C)(C)O[C@@H]1[C@H](C)/C=C\[C@@H](C)C(C)C.C=CC[C@@H]1OC(C)(C)O[C@@H]1[C@H](C)/C=C\[C@@H](C)C(C)O[Si](C)(C)C(C)(C)C. The molecule has 0 amide bonds. The van der Waals surface area contributed by atoms with E-state index < -0.39 is 19.9 Å². The first-order valence-electron chi connectivity index (χ1n) is 17.4. The predicted molar refractivity (Wildman–Crippen MR) is 195 cm³/mol. The molecule has 0 aliphatic carbocycles. The standard InChI is InChI=1S/C22H42O3Si.C17H30O2/c1-12-13-19-20(24-22(8,9)23-19)17(3)15-14-16(2)18(4)25-26(10,11)21(5,6)7;1-8-9-15-16(19-17(6,7)18-15)14(5)11-10-13(4)12(2)3/h12,14-20H,1,13H2,2-11H3;8,10-16H,1,9H2,2-7H3/b15-14-;11-10-/t16-,17-,18?,19+,20-;13-,14-,15+,16-/m11/s1. The summed E-state index contributed by atoms with van der Waals surface area (Å²) in [6.07, 6.45) is 15.2. The Balaban J connectivity index is 0.000000472. The van der Waals surface area contributed by atoms with Crippen LogP contribution in [0, 0.1) is 29.6 Å². The molecule has 0 spiro atoms. The fraction of sp³-hybridized carbons (Fsp3) is 0.795. The second-order valence-corrected chi connectivity index (χ2v) is 21.1. The molecule has 9 atom stereocenters. The van der Waals surface area contributed by atoms with E-state index in [2.05, 4.69) is 120 Å². The van der Waals surface area contributed by atoms with Gasteiger partial charge in [0.15, 0.2) is 19.9 Å². The third-order valence-electron chi connectivity index (χ3n) is 9.79. The smallest absolute Gasteiger partial charge is 0.192 e. The van der Waals surface area contributed by atoms with Gasteiger partial charge in [0.05, 0.1) is 24.4 Å². The molecule has 2 aliphatic heterocycles. The summed E-state index contributed by atoms with van der Waals surface area (Å²) in [5.74, 6) is 1.26. The van der Waals surface area contributed by atoms with Crippen molar-refractivity contribution in [2.45, 2.75) is 170 Å². The highest BCUT2D eigenvalue weighted by atomic mass is 28.4. The Kier molecular flexibility index (Phi) is 16.2. The zero-order chi connectivity index (χ0) is 35.0. The molecular weight excluding hydrogens is 577 g/mol. The molecule has 2 heterocycles. The van der Waals surface area contributed by atoms with Gasteiger partial charge in [0, 0.05) is 17.9 Å². The molecule has 0 radical (unpaired) electrons. The van der Waals surface area contributed by atoms with Crippen molar-refractivity contribution in [3.63, 3.8) is 0 Å². The number of allylic oxidation sites excluding steroid dienone is 1. The van der Waals surface area contributed by atoms with E-state index in [0.717, 1.165) is 12.8 Å². The fourth-order valence-electron chi connectivity index (χ4n) is 5.36. The average Bonchev–Trinajstić information content (AvgIpc) is 3.38. The minimum absolute atomic E-state index is 0.0584. The van der Waals surface area contributed by atoms with Gasteiger partial charge in [0.2, 0.25) is 0 Å². The molecule has 0 N–H and O–H groups in total. The van der Waals surface area contributed by atoms with Crippen LogP contribution in [0.15, 0.2) is 49.6 Å². The third kappa shape index (κ3) is 13.6. The molecule has 1 unspecified atom stereocenters. The highest BCUT2D eigenvalue weighted by Gasteiger charge is 2.44. The monoisotopic (exact) mass is 649 g/mol. The summed E-state index contributed by atoms with van der Waals surface area (Å²) in [6, 6.07) is 0. The van der Waals surface area contributed by atoms with Crippen LogP contribution in [-0.2, 0) is 23.4 Å². The first-order valence-corrected chi connectivity index (χ1v) is 20.3. The van der Waals surface area contributed by atoms with Crippen LogP contribution in [0.4, 0.5) is 0 Å². The number of ether oxygens (including phenoxy) is 4. The summed E-state index contributed by atoms with van der Waals surface area (Å²) in [5.41, 5.74) is 0. The van der Waals surface area contributed by atoms with Crippen molar-refractivity contribution in [1.82, 2.24) is 0 Å². The highest BCUT2D eigenvalue weighted by Crippen LogP contribution is 2.39. The Labute approximate surface area is 280 Å². The Morgan fingerprint density at radius 1 is 0.667 bits per heavy atom. The van der Waals surface area contributed by atoms with E-state index in [1.165, 1.54) is 0 Å². The molecule has 2 aliphatic rings. The van der Waals surface area contributed by atoms with Gasteiger partial charge in [-0.3, -0.25) is 0 Å². The summed E-state index contributed by atoms with van der Waals surface area (Å²) in [7, 11) is -1.74. The van der Waals surface area contributed by atoms with Gasteiger partial charge in [-0.05, 0) is 83.3 Å². The van der Waals surface area contributed by atoms with Crippen molar-refractivity contribution in [3.05, 3.63) is 49.6 Å². The van der Waals surface area contributed by atoms with Crippen molar-refractivity contribution in [2.75, 3.05) is 0 Å². The Morgan fingerprint density at radius 3 is 1.38 bits per heavy atom. The summed E-state index contributed by atoms with van der Waals surface area (Å²) in [6.45, 7) is 42.7. The van der Waals surface area contributed by atoms with Crippen LogP contribution in [0.3, 0.4) is 0 Å². The van der Waals surface area contributed by atoms with Gasteiger partial charge < -0.3 is 23.4 Å². The summed E-state index contributed by atoms with van der Waals surface area (Å²) in [4.78, 5) is 0. The summed E-state index contributed by atoms with van der Waals surface area (Å²) < 4.78 is 30.7. The van der Waals surface area contributed by atoms with Gasteiger partial charge in [0.1, 0.15) is 0 Å². The average molecular weight is 649 g/mol. The summed E-state index contributed by atoms with van der Waals surface area (Å²) >= 11 is 0. The van der Waals surface area contributed by atoms with Gasteiger partial charge in [-0.15, -0.1) is 13.2 Å². The lowest BCUT2D eigenvalue weighted by atomic mass is 9.93. The number of hydrogen-bond donors (Lipinski definition) is 0. The predicted octanol–water partition coefficient (Wildman–Crippen LogP) is 10.9. The largest absolute Gasteiger partial charge is 0.414 e. The van der Waals surface area contributed by atoms with E-state index >= 15 is 0 Å². The van der Waals surface area contributed by atoms with E-state index in [1.54, 1.807) is 0 Å². The van der Waals surface area contributed by atoms with E-state index in [0.29, 0.717) is 23.7 Å². The Morgan fingerprint density at radius 2 is 1.04 bits per heavy atom. The van der Waals surface area contributed by atoms with Gasteiger partial charge >= 0.3 is 0 Å². The number of rotatable bonds is 14. The second kappa shape index (κ2) is 17.4. The molecule has 0 aromatic rings. The highest BCUT2D eigenvalue weighted by molar-refractivity contribution is 6.74. The molecule has 2 rings (SSSR count). The minimum Gasteiger partial charge on any atom is -0.414 e. The van der Waals surface area contributed by atoms with E-state index in [4.69, 9.17) is 23.4 Å². The van der Waals surface area contributed by atoms with Crippen molar-refractivity contribution in [1.29, 1.82) is 0 Å². The van der Waals surface area contributed by atoms with Crippen LogP contribution >= 0.6 is 0 Å². The van der Waals surface area contributed by atoms with Crippen LogP contribution in [-0.4, -0.2) is 50.4 Å². The second-order valence-electron chi connectivity index (χ2n) is 16.4. The van der Waals surface area contributed by atoms with Crippen LogP contribution < -0.4 is 0 Å². The van der Waals surface area contributed by atoms with Crippen LogP contribution in [0.1, 0.15) is 110 Å². The molecule has 2 saturated heterocycles. The third-order valence-corrected chi connectivity index (χ3v) is 14.4. The fourth-order valence-corrected chi connectivity index (χ4v) is 6.86. The lowest BCUT2D eigenvalue weighted by Crippen LogP contribution is -2.44. The first kappa shape index (κ1) is 42.0. The molecule has 0 aromatic carbocycles. The van der Waals surface area contributed by atoms with Crippen LogP contribution in [0.5, 0.6) is 0 Å². The van der Waals surface area contributed by atoms with Gasteiger partial charge in [0.25, 0.3) is 0 Å². The lowest BCUT2D eigenvalue weighted by molar-refractivity contribution is -0.148. The summed E-state index contributed by atoms with van der Waals surface area (Å²) in [5, 5.41) is 0.233. The molecule has 6 heteroatoms. The molecule has 2 fully saturated rings. The Hall–Kier alpha value is -1.02. The quantitative estimate of drug-likeness (QED) is 0.139.